The van der Waals surface area contributed by atoms with Crippen molar-refractivity contribution in [2.75, 3.05) is 0 Å². The van der Waals surface area contributed by atoms with Crippen molar-refractivity contribution in [3.05, 3.63) is 23.5 Å². The van der Waals surface area contributed by atoms with Crippen LogP contribution in [0.3, 0.4) is 0 Å². The van der Waals surface area contributed by atoms with Gasteiger partial charge in [-0.05, 0) is 98.7 Å². The van der Waals surface area contributed by atoms with E-state index in [0.717, 1.165) is 36.4 Å². The zero-order valence-corrected chi connectivity index (χ0v) is 18.0. The number of fused-ring (bicyclic) bond motifs is 5. The van der Waals surface area contributed by atoms with Crippen molar-refractivity contribution in [3.8, 4) is 0 Å². The van der Waals surface area contributed by atoms with Crippen molar-refractivity contribution in [2.24, 2.45) is 34.5 Å². The monoisotopic (exact) mass is 382 g/mol. The second kappa shape index (κ2) is 6.72. The second-order valence-corrected chi connectivity index (χ2v) is 10.8. The molecule has 0 unspecified atom stereocenters. The van der Waals surface area contributed by atoms with Crippen LogP contribution in [0.15, 0.2) is 17.8 Å². The summed E-state index contributed by atoms with van der Waals surface area (Å²) in [6.07, 6.45) is 16.1. The van der Waals surface area contributed by atoms with Crippen LogP contribution in [-0.4, -0.2) is 21.0 Å². The lowest BCUT2D eigenvalue weighted by atomic mass is 9.45. The largest absolute Gasteiger partial charge is 0.388 e. The number of hydrogen-bond donors (Lipinski definition) is 1. The van der Waals surface area contributed by atoms with Gasteiger partial charge in [0, 0.05) is 18.2 Å². The van der Waals surface area contributed by atoms with E-state index in [1.807, 2.05) is 10.9 Å². The highest BCUT2D eigenvalue weighted by atomic mass is 16.3. The molecule has 4 aliphatic rings. The fourth-order valence-corrected chi connectivity index (χ4v) is 8.21. The minimum absolute atomic E-state index is 0.0714. The molecule has 0 radical (unpaired) electrons. The average molecular weight is 383 g/mol. The Bertz CT molecular complexity index is 766. The van der Waals surface area contributed by atoms with Crippen LogP contribution in [0.2, 0.25) is 0 Å². The molecule has 4 aliphatic carbocycles. The highest BCUT2D eigenvalue weighted by Crippen LogP contribution is 2.67. The van der Waals surface area contributed by atoms with Crippen molar-refractivity contribution >= 4 is 6.08 Å². The van der Waals surface area contributed by atoms with Gasteiger partial charge in [0.1, 0.15) is 0 Å². The minimum Gasteiger partial charge on any atom is -0.388 e. The highest BCUT2D eigenvalue weighted by molar-refractivity contribution is 5.52. The first-order valence-corrected chi connectivity index (χ1v) is 11.9. The van der Waals surface area contributed by atoms with E-state index in [1.54, 1.807) is 0 Å². The molecule has 5 rings (SSSR count). The number of aromatic nitrogens is 2. The molecule has 3 heteroatoms. The first kappa shape index (κ1) is 18.9. The maximum atomic E-state index is 11.4. The quantitative estimate of drug-likeness (QED) is 0.713. The van der Waals surface area contributed by atoms with Gasteiger partial charge in [0.15, 0.2) is 0 Å². The van der Waals surface area contributed by atoms with Crippen molar-refractivity contribution in [1.82, 2.24) is 9.78 Å². The van der Waals surface area contributed by atoms with Gasteiger partial charge < -0.3 is 5.11 Å². The molecule has 1 heterocycles. The van der Waals surface area contributed by atoms with Crippen LogP contribution >= 0.6 is 0 Å². The van der Waals surface area contributed by atoms with Gasteiger partial charge in [-0.15, -0.1) is 0 Å². The topological polar surface area (TPSA) is 38.0 Å². The Morgan fingerprint density at radius 2 is 1.96 bits per heavy atom. The summed E-state index contributed by atoms with van der Waals surface area (Å²) in [6.45, 7) is 8.05. The Labute approximate surface area is 170 Å². The third-order valence-corrected chi connectivity index (χ3v) is 9.83. The van der Waals surface area contributed by atoms with E-state index in [1.165, 1.54) is 56.9 Å². The van der Waals surface area contributed by atoms with Crippen LogP contribution in [0.1, 0.15) is 84.3 Å². The molecule has 154 valence electrons. The lowest BCUT2D eigenvalue weighted by Crippen LogP contribution is -2.53. The summed E-state index contributed by atoms with van der Waals surface area (Å²) < 4.78 is 2.04. The molecule has 1 aromatic rings. The molecule has 4 saturated carbocycles. The molecule has 0 bridgehead atoms. The number of aliphatic hydroxyl groups excluding tert-OH is 1. The first-order valence-electron chi connectivity index (χ1n) is 11.9. The third kappa shape index (κ3) is 2.61. The Balaban J connectivity index is 1.46. The van der Waals surface area contributed by atoms with Gasteiger partial charge in [0.25, 0.3) is 0 Å². The molecule has 1 aromatic heterocycles. The molecule has 4 fully saturated rings. The van der Waals surface area contributed by atoms with Gasteiger partial charge in [-0.3, -0.25) is 4.68 Å². The van der Waals surface area contributed by atoms with Crippen LogP contribution in [0.5, 0.6) is 0 Å². The van der Waals surface area contributed by atoms with Crippen LogP contribution < -0.4 is 0 Å². The summed E-state index contributed by atoms with van der Waals surface area (Å²) in [5.41, 5.74) is 3.06. The van der Waals surface area contributed by atoms with Gasteiger partial charge in [-0.2, -0.15) is 5.10 Å². The molecule has 1 N–H and O–H groups in total. The summed E-state index contributed by atoms with van der Waals surface area (Å²) in [5, 5.41) is 15.8. The summed E-state index contributed by atoms with van der Waals surface area (Å²) in [4.78, 5) is 0. The van der Waals surface area contributed by atoms with E-state index in [4.69, 9.17) is 0 Å². The molecule has 0 saturated heterocycles. The van der Waals surface area contributed by atoms with E-state index in [0.29, 0.717) is 11.3 Å². The fourth-order valence-electron chi connectivity index (χ4n) is 8.21. The van der Waals surface area contributed by atoms with Crippen LogP contribution in [-0.2, 0) is 6.54 Å². The number of aliphatic hydroxyl groups is 1. The van der Waals surface area contributed by atoms with Crippen molar-refractivity contribution in [2.45, 2.75) is 91.2 Å². The SMILES string of the molecule is CCn1nccc1/C=C1\C[C@H]2[C@@H]3CC[C@@H]4CCCC[C@]4(C)[C@H]3CC[C@]2(C)[C@H]1O. The average Bonchev–Trinajstić information content (AvgIpc) is 3.24. The summed E-state index contributed by atoms with van der Waals surface area (Å²) >= 11 is 0. The van der Waals surface area contributed by atoms with E-state index in [2.05, 4.69) is 38.0 Å². The molecular formula is C25H38N2O. The molecule has 3 nitrogen and oxygen atoms in total. The molecule has 7 atom stereocenters. The smallest absolute Gasteiger partial charge is 0.0810 e. The third-order valence-electron chi connectivity index (χ3n) is 9.83. The van der Waals surface area contributed by atoms with Gasteiger partial charge in [-0.25, -0.2) is 0 Å². The van der Waals surface area contributed by atoms with E-state index in [-0.39, 0.29) is 11.5 Å². The van der Waals surface area contributed by atoms with Gasteiger partial charge in [0.2, 0.25) is 0 Å². The lowest BCUT2D eigenvalue weighted by Gasteiger charge is -2.60. The summed E-state index contributed by atoms with van der Waals surface area (Å²) in [6, 6.07) is 2.09. The molecular weight excluding hydrogens is 344 g/mol. The number of hydrogen-bond acceptors (Lipinski definition) is 2. The first-order chi connectivity index (χ1) is 13.5. The second-order valence-electron chi connectivity index (χ2n) is 10.8. The van der Waals surface area contributed by atoms with Crippen LogP contribution in [0.25, 0.3) is 6.08 Å². The normalized spacial score (nSPS) is 46.9. The zero-order chi connectivity index (χ0) is 19.5. The number of rotatable bonds is 2. The Morgan fingerprint density at radius 3 is 2.79 bits per heavy atom. The predicted molar refractivity (Wildman–Crippen MR) is 114 cm³/mol. The maximum absolute atomic E-state index is 11.4. The number of aryl methyl sites for hydroxylation is 1. The van der Waals surface area contributed by atoms with Crippen molar-refractivity contribution < 1.29 is 5.11 Å². The van der Waals surface area contributed by atoms with Crippen molar-refractivity contribution in [1.29, 1.82) is 0 Å². The van der Waals surface area contributed by atoms with Crippen LogP contribution in [0.4, 0.5) is 0 Å². The highest BCUT2D eigenvalue weighted by Gasteiger charge is 2.60. The standard InChI is InChI=1S/C25H38N2O/c1-4-27-19(11-14-26-27)15-17-16-22-20-9-8-18-7-5-6-12-24(18,2)21(20)10-13-25(22,3)23(17)28/h11,14-15,18,20-23,28H,4-10,12-13,16H2,1-3H3/b17-15+/t18-,20+,21-,22-,23-,24-,25-/m0/s1. The lowest BCUT2D eigenvalue weighted by molar-refractivity contribution is -0.119. The Hall–Kier alpha value is -1.09. The Kier molecular flexibility index (Phi) is 4.54. The van der Waals surface area contributed by atoms with Gasteiger partial charge >= 0.3 is 0 Å². The molecule has 0 aliphatic heterocycles. The summed E-state index contributed by atoms with van der Waals surface area (Å²) in [7, 11) is 0. The van der Waals surface area contributed by atoms with Crippen LogP contribution in [0, 0.1) is 34.5 Å². The molecule has 28 heavy (non-hydrogen) atoms. The molecule has 0 amide bonds. The fraction of sp³-hybridized carbons (Fsp3) is 0.800. The molecule has 0 aromatic carbocycles. The van der Waals surface area contributed by atoms with E-state index >= 15 is 0 Å². The minimum atomic E-state index is -0.282. The predicted octanol–water partition coefficient (Wildman–Crippen LogP) is 5.69. The van der Waals surface area contributed by atoms with Crippen molar-refractivity contribution in [3.63, 3.8) is 0 Å². The van der Waals surface area contributed by atoms with Gasteiger partial charge in [-0.1, -0.05) is 26.7 Å². The van der Waals surface area contributed by atoms with Gasteiger partial charge in [0.05, 0.1) is 11.8 Å². The maximum Gasteiger partial charge on any atom is 0.0810 e. The number of nitrogens with zero attached hydrogens (tertiary/aromatic N) is 2. The Morgan fingerprint density at radius 1 is 1.11 bits per heavy atom. The van der Waals surface area contributed by atoms with E-state index in [9.17, 15) is 5.11 Å². The van der Waals surface area contributed by atoms with E-state index < -0.39 is 0 Å². The summed E-state index contributed by atoms with van der Waals surface area (Å²) in [5.74, 6) is 3.32. The molecule has 0 spiro atoms. The zero-order valence-electron chi connectivity index (χ0n) is 18.0.